The Hall–Kier alpha value is 0.657. The molecule has 0 aromatic heterocycles. The SMILES string of the molecule is CCCCCC(=O)SC[C@@H](CCO[P+](=O)[O-])SC(=O)CCCCC.[Li]. The first kappa shape index (κ1) is 27.9. The molecule has 0 amide bonds. The van der Waals surface area contributed by atoms with Crippen LogP contribution in [-0.2, 0) is 18.7 Å². The second kappa shape index (κ2) is 19.4. The smallest absolute Gasteiger partial charge is 0.488 e. The maximum Gasteiger partial charge on any atom is 0.488 e. The molecule has 5 nitrogen and oxygen atoms in total. The summed E-state index contributed by atoms with van der Waals surface area (Å²) in [5.74, 6) is 0.522. The number of unbranched alkanes of at least 4 members (excludes halogenated alkanes) is 4. The van der Waals surface area contributed by atoms with Crippen molar-refractivity contribution >= 4 is 60.9 Å². The summed E-state index contributed by atoms with van der Waals surface area (Å²) in [6.45, 7) is 4.24. The van der Waals surface area contributed by atoms with Gasteiger partial charge in [0.25, 0.3) is 0 Å². The van der Waals surface area contributed by atoms with Gasteiger partial charge in [0.15, 0.2) is 10.2 Å². The molecule has 0 heterocycles. The molecule has 0 rings (SSSR count). The average Bonchev–Trinajstić information content (AvgIpc) is 2.52. The van der Waals surface area contributed by atoms with Crippen molar-refractivity contribution in [3.63, 3.8) is 0 Å². The molecule has 1 unspecified atom stereocenters. The van der Waals surface area contributed by atoms with Crippen LogP contribution in [0.5, 0.6) is 0 Å². The minimum atomic E-state index is -2.86. The topological polar surface area (TPSA) is 83.5 Å². The van der Waals surface area contributed by atoms with Crippen LogP contribution in [0.2, 0.25) is 0 Å². The molecule has 0 aromatic rings. The second-order valence-corrected chi connectivity index (χ2v) is 8.70. The maximum atomic E-state index is 12.0. The van der Waals surface area contributed by atoms with Gasteiger partial charge in [0.05, 0.1) is 0 Å². The van der Waals surface area contributed by atoms with E-state index in [4.69, 9.17) is 0 Å². The zero-order chi connectivity index (χ0) is 18.2. The number of hydrogen-bond donors (Lipinski definition) is 0. The molecule has 0 saturated heterocycles. The monoisotopic (exact) mass is 403 g/mol. The number of carbonyl (C=O) groups is 2. The van der Waals surface area contributed by atoms with Crippen molar-refractivity contribution in [3.8, 4) is 0 Å². The molecular weight excluding hydrogens is 374 g/mol. The van der Waals surface area contributed by atoms with E-state index in [-0.39, 0.29) is 40.9 Å². The molecule has 25 heavy (non-hydrogen) atoms. The minimum Gasteiger partial charge on any atom is -0.566 e. The Morgan fingerprint density at radius 1 is 1.04 bits per heavy atom. The van der Waals surface area contributed by atoms with Gasteiger partial charge in [0.2, 0.25) is 0 Å². The predicted molar refractivity (Wildman–Crippen MR) is 106 cm³/mol. The molecular formula is C16H29LiO5PS2. The Morgan fingerprint density at radius 2 is 1.60 bits per heavy atom. The van der Waals surface area contributed by atoms with E-state index in [0.717, 1.165) is 38.5 Å². The molecule has 0 aromatic carbocycles. The summed E-state index contributed by atoms with van der Waals surface area (Å²) in [6, 6.07) is 0. The number of carbonyl (C=O) groups excluding carboxylic acids is 2. The molecule has 9 heteroatoms. The molecule has 0 spiro atoms. The Kier molecular flexibility index (Phi) is 21.7. The van der Waals surface area contributed by atoms with Crippen LogP contribution in [0.15, 0.2) is 0 Å². The summed E-state index contributed by atoms with van der Waals surface area (Å²) in [6.07, 6.45) is 7.52. The van der Waals surface area contributed by atoms with Gasteiger partial charge in [-0.3, -0.25) is 9.59 Å². The number of hydrogen-bond acceptors (Lipinski definition) is 7. The van der Waals surface area contributed by atoms with Gasteiger partial charge in [0, 0.05) is 42.7 Å². The van der Waals surface area contributed by atoms with E-state index in [0.29, 0.717) is 25.0 Å². The van der Waals surface area contributed by atoms with Gasteiger partial charge in [0.1, 0.15) is 6.61 Å². The van der Waals surface area contributed by atoms with E-state index < -0.39 is 8.25 Å². The fourth-order valence-corrected chi connectivity index (χ4v) is 4.38. The van der Waals surface area contributed by atoms with Crippen LogP contribution in [0.4, 0.5) is 0 Å². The Bertz CT molecular complexity index is 386. The van der Waals surface area contributed by atoms with Crippen LogP contribution in [0.25, 0.3) is 0 Å². The van der Waals surface area contributed by atoms with Crippen LogP contribution in [0, 0.1) is 0 Å². The minimum absolute atomic E-state index is 0. The summed E-state index contributed by atoms with van der Waals surface area (Å²) >= 11 is 2.47. The first-order valence-electron chi connectivity index (χ1n) is 8.62. The molecule has 0 aliphatic rings. The van der Waals surface area contributed by atoms with Crippen LogP contribution < -0.4 is 4.89 Å². The van der Waals surface area contributed by atoms with Crippen LogP contribution >= 0.6 is 31.8 Å². The van der Waals surface area contributed by atoms with Crippen molar-refractivity contribution in [2.75, 3.05) is 12.4 Å². The predicted octanol–water partition coefficient (Wildman–Crippen LogP) is 4.08. The third-order valence-electron chi connectivity index (χ3n) is 3.33. The summed E-state index contributed by atoms with van der Waals surface area (Å²) < 4.78 is 15.0. The maximum absolute atomic E-state index is 12.0. The van der Waals surface area contributed by atoms with Crippen molar-refractivity contribution in [2.24, 2.45) is 0 Å². The third-order valence-corrected chi connectivity index (χ3v) is 6.24. The van der Waals surface area contributed by atoms with Crippen molar-refractivity contribution < 1.29 is 23.6 Å². The van der Waals surface area contributed by atoms with E-state index in [1.165, 1.54) is 23.5 Å². The van der Waals surface area contributed by atoms with E-state index in [1.54, 1.807) is 0 Å². The molecule has 2 atom stereocenters. The molecule has 0 aliphatic heterocycles. The number of thioether (sulfide) groups is 2. The van der Waals surface area contributed by atoms with Crippen LogP contribution in [-0.4, -0.2) is 46.7 Å². The zero-order valence-corrected chi connectivity index (χ0v) is 18.2. The first-order valence-corrected chi connectivity index (χ1v) is 11.6. The van der Waals surface area contributed by atoms with Gasteiger partial charge >= 0.3 is 8.25 Å². The van der Waals surface area contributed by atoms with Gasteiger partial charge in [-0.05, 0) is 23.8 Å². The summed E-state index contributed by atoms with van der Waals surface area (Å²) in [5, 5.41) is 0.163. The molecule has 141 valence electrons. The fraction of sp³-hybridized carbons (Fsp3) is 0.875. The Morgan fingerprint density at radius 3 is 2.12 bits per heavy atom. The molecule has 1 radical (unpaired) electrons. The largest absolute Gasteiger partial charge is 0.566 e. The van der Waals surface area contributed by atoms with Gasteiger partial charge in [-0.15, -0.1) is 4.52 Å². The van der Waals surface area contributed by atoms with E-state index in [9.17, 15) is 19.0 Å². The number of rotatable bonds is 15. The summed E-state index contributed by atoms with van der Waals surface area (Å²) in [4.78, 5) is 34.3. The van der Waals surface area contributed by atoms with E-state index in [2.05, 4.69) is 18.4 Å². The second-order valence-electron chi connectivity index (χ2n) is 5.55. The van der Waals surface area contributed by atoms with Gasteiger partial charge in [-0.2, -0.15) is 0 Å². The van der Waals surface area contributed by atoms with Crippen molar-refractivity contribution in [1.82, 2.24) is 0 Å². The molecule has 0 bridgehead atoms. The fourth-order valence-electron chi connectivity index (χ4n) is 1.98. The molecule has 0 saturated carbocycles. The first-order chi connectivity index (χ1) is 11.5. The van der Waals surface area contributed by atoms with Crippen LogP contribution in [0.3, 0.4) is 0 Å². The Labute approximate surface area is 173 Å². The van der Waals surface area contributed by atoms with Crippen molar-refractivity contribution in [3.05, 3.63) is 0 Å². The van der Waals surface area contributed by atoms with Gasteiger partial charge in [-0.1, -0.05) is 63.1 Å². The average molecular weight is 403 g/mol. The van der Waals surface area contributed by atoms with Gasteiger partial charge < -0.3 is 4.89 Å². The van der Waals surface area contributed by atoms with Crippen molar-refractivity contribution in [1.29, 1.82) is 0 Å². The molecule has 0 aliphatic carbocycles. The van der Waals surface area contributed by atoms with E-state index in [1.807, 2.05) is 0 Å². The molecule has 0 fully saturated rings. The normalized spacial score (nSPS) is 12.4. The zero-order valence-electron chi connectivity index (χ0n) is 15.7. The molecule has 0 N–H and O–H groups in total. The standard InChI is InChI=1S/C16H29O5PS2.Li/c1-3-5-7-9-15(17)23-13-14(11-12-21-22(19)20)24-16(18)10-8-6-4-2;/h14H,3-13H2,1-2H3;/t14-;/m1./s1. The summed E-state index contributed by atoms with van der Waals surface area (Å²) in [7, 11) is -2.86. The quantitative estimate of drug-likeness (QED) is 0.231. The third kappa shape index (κ3) is 19.2. The summed E-state index contributed by atoms with van der Waals surface area (Å²) in [5.41, 5.74) is 0. The van der Waals surface area contributed by atoms with Crippen molar-refractivity contribution in [2.45, 2.75) is 76.9 Å². The Balaban J connectivity index is 0. The van der Waals surface area contributed by atoms with E-state index >= 15 is 0 Å². The van der Waals surface area contributed by atoms with Gasteiger partial charge in [-0.25, -0.2) is 0 Å². The van der Waals surface area contributed by atoms with Crippen LogP contribution in [0.1, 0.15) is 71.6 Å².